The van der Waals surface area contributed by atoms with Gasteiger partial charge in [0.05, 0.1) is 6.04 Å². The Balaban J connectivity index is 2.05. The van der Waals surface area contributed by atoms with E-state index in [2.05, 4.69) is 43.6 Å². The molecule has 2 heterocycles. The van der Waals surface area contributed by atoms with Crippen molar-refractivity contribution in [3.8, 4) is 0 Å². The zero-order chi connectivity index (χ0) is 10.9. The summed E-state index contributed by atoms with van der Waals surface area (Å²) >= 11 is 3.59. The van der Waals surface area contributed by atoms with Crippen LogP contribution in [0.3, 0.4) is 0 Å². The maximum atomic E-state index is 4.69. The minimum Gasteiger partial charge on any atom is -0.359 e. The summed E-state index contributed by atoms with van der Waals surface area (Å²) in [5, 5.41) is 6.63. The Morgan fingerprint density at radius 3 is 2.87 bits per heavy atom. The normalized spacial score (nSPS) is 24.1. The van der Waals surface area contributed by atoms with Gasteiger partial charge in [0.1, 0.15) is 0 Å². The molecule has 1 atom stereocenters. The summed E-state index contributed by atoms with van der Waals surface area (Å²) in [6.07, 6.45) is 0. The van der Waals surface area contributed by atoms with E-state index in [1.54, 1.807) is 11.3 Å². The fourth-order valence-corrected chi connectivity index (χ4v) is 3.32. The van der Waals surface area contributed by atoms with Crippen molar-refractivity contribution < 1.29 is 0 Å². The molecule has 1 aromatic rings. The summed E-state index contributed by atoms with van der Waals surface area (Å²) in [5.74, 6) is 1.10. The smallest absolute Gasteiger partial charge is 0.157 e. The minimum absolute atomic E-state index is 0.193. The first-order valence-electron chi connectivity index (χ1n) is 5.09. The first-order valence-corrected chi connectivity index (χ1v) is 6.95. The Kier molecular flexibility index (Phi) is 3.07. The molecule has 0 amide bonds. The van der Waals surface area contributed by atoms with E-state index >= 15 is 0 Å². The molecule has 4 heteroatoms. The van der Waals surface area contributed by atoms with Crippen LogP contribution in [0.2, 0.25) is 0 Å². The molecule has 1 saturated heterocycles. The molecule has 15 heavy (non-hydrogen) atoms. The molecule has 0 spiro atoms. The molecular weight excluding hydrogens is 224 g/mol. The highest BCUT2D eigenvalue weighted by Crippen LogP contribution is 2.27. The van der Waals surface area contributed by atoms with Crippen LogP contribution >= 0.6 is 23.1 Å². The van der Waals surface area contributed by atoms with Crippen molar-refractivity contribution in [1.82, 2.24) is 5.32 Å². The zero-order valence-electron chi connectivity index (χ0n) is 9.28. The molecule has 0 bridgehead atoms. The lowest BCUT2D eigenvalue weighted by molar-refractivity contribution is 0.535. The van der Waals surface area contributed by atoms with Crippen LogP contribution in [-0.2, 0) is 0 Å². The fourth-order valence-electron chi connectivity index (χ4n) is 1.45. The molecule has 82 valence electrons. The third-order valence-corrected chi connectivity index (χ3v) is 4.67. The van der Waals surface area contributed by atoms with Crippen molar-refractivity contribution in [2.24, 2.45) is 4.99 Å². The SMILES string of the molecule is CC(N=C1NC(C)(C)CS1)c1cccs1. The summed E-state index contributed by atoms with van der Waals surface area (Å²) in [5.41, 5.74) is 0.193. The monoisotopic (exact) mass is 240 g/mol. The van der Waals surface area contributed by atoms with Gasteiger partial charge in [-0.1, -0.05) is 17.8 Å². The highest BCUT2D eigenvalue weighted by atomic mass is 32.2. The standard InChI is InChI=1S/C11H16N2S2/c1-8(9-5-4-6-14-9)12-10-13-11(2,3)7-15-10/h4-6,8H,7H2,1-3H3,(H,12,13). The van der Waals surface area contributed by atoms with Gasteiger partial charge < -0.3 is 5.32 Å². The van der Waals surface area contributed by atoms with Gasteiger partial charge in [-0.05, 0) is 32.2 Å². The van der Waals surface area contributed by atoms with E-state index in [1.165, 1.54) is 4.88 Å². The van der Waals surface area contributed by atoms with Gasteiger partial charge in [0, 0.05) is 16.2 Å². The molecule has 0 radical (unpaired) electrons. The molecule has 1 fully saturated rings. The van der Waals surface area contributed by atoms with Crippen molar-refractivity contribution in [2.45, 2.75) is 32.4 Å². The van der Waals surface area contributed by atoms with E-state index < -0.39 is 0 Å². The zero-order valence-corrected chi connectivity index (χ0v) is 10.9. The summed E-state index contributed by atoms with van der Waals surface area (Å²) < 4.78 is 0. The summed E-state index contributed by atoms with van der Waals surface area (Å²) in [6, 6.07) is 4.49. The summed E-state index contributed by atoms with van der Waals surface area (Å²) in [6.45, 7) is 6.56. The number of thioether (sulfide) groups is 1. The lowest BCUT2D eigenvalue weighted by Gasteiger charge is -2.16. The Hall–Kier alpha value is -0.480. The van der Waals surface area contributed by atoms with Gasteiger partial charge >= 0.3 is 0 Å². The van der Waals surface area contributed by atoms with Crippen molar-refractivity contribution in [1.29, 1.82) is 0 Å². The number of thiophene rings is 1. The maximum absolute atomic E-state index is 4.69. The van der Waals surface area contributed by atoms with E-state index in [9.17, 15) is 0 Å². The van der Waals surface area contributed by atoms with E-state index in [4.69, 9.17) is 4.99 Å². The largest absolute Gasteiger partial charge is 0.359 e. The van der Waals surface area contributed by atoms with Gasteiger partial charge in [-0.2, -0.15) is 0 Å². The quantitative estimate of drug-likeness (QED) is 0.858. The van der Waals surface area contributed by atoms with Crippen LogP contribution in [0.4, 0.5) is 0 Å². The lowest BCUT2D eigenvalue weighted by atomic mass is 10.1. The van der Waals surface area contributed by atoms with Gasteiger partial charge in [-0.3, -0.25) is 4.99 Å². The predicted molar refractivity (Wildman–Crippen MR) is 69.8 cm³/mol. The molecule has 0 aromatic carbocycles. The van der Waals surface area contributed by atoms with E-state index in [0.717, 1.165) is 10.9 Å². The molecule has 1 aromatic heterocycles. The number of nitrogens with one attached hydrogen (secondary N) is 1. The summed E-state index contributed by atoms with van der Waals surface area (Å²) in [4.78, 5) is 6.02. The van der Waals surface area contributed by atoms with E-state index in [-0.39, 0.29) is 11.6 Å². The Labute approximate surface area is 99.2 Å². The molecule has 2 rings (SSSR count). The molecule has 2 nitrogen and oxygen atoms in total. The third kappa shape index (κ3) is 2.75. The van der Waals surface area contributed by atoms with Crippen LogP contribution in [-0.4, -0.2) is 16.5 Å². The second kappa shape index (κ2) is 4.18. The molecule has 0 aliphatic carbocycles. The third-order valence-electron chi connectivity index (χ3n) is 2.28. The van der Waals surface area contributed by atoms with E-state index in [0.29, 0.717) is 0 Å². The average molecular weight is 240 g/mol. The second-order valence-corrected chi connectivity index (χ2v) is 6.37. The van der Waals surface area contributed by atoms with Gasteiger partial charge in [0.2, 0.25) is 0 Å². The van der Waals surface area contributed by atoms with Crippen LogP contribution in [0.25, 0.3) is 0 Å². The Bertz CT molecular complexity index is 355. The van der Waals surface area contributed by atoms with Gasteiger partial charge in [-0.25, -0.2) is 0 Å². The highest BCUT2D eigenvalue weighted by molar-refractivity contribution is 8.14. The van der Waals surface area contributed by atoms with Crippen molar-refractivity contribution in [3.63, 3.8) is 0 Å². The number of hydrogen-bond donors (Lipinski definition) is 1. The molecular formula is C11H16N2S2. The van der Waals surface area contributed by atoms with Crippen molar-refractivity contribution in [3.05, 3.63) is 22.4 Å². The Morgan fingerprint density at radius 2 is 2.33 bits per heavy atom. The lowest BCUT2D eigenvalue weighted by Crippen LogP contribution is -2.36. The molecule has 1 aliphatic heterocycles. The van der Waals surface area contributed by atoms with Gasteiger partial charge in [-0.15, -0.1) is 11.3 Å². The topological polar surface area (TPSA) is 24.4 Å². The molecule has 1 N–H and O–H groups in total. The number of nitrogens with zero attached hydrogens (tertiary/aromatic N) is 1. The first kappa shape index (κ1) is 11.0. The van der Waals surface area contributed by atoms with Crippen molar-refractivity contribution in [2.75, 3.05) is 5.75 Å². The predicted octanol–water partition coefficient (Wildman–Crippen LogP) is 3.28. The summed E-state index contributed by atoms with van der Waals surface area (Å²) in [7, 11) is 0. The van der Waals surface area contributed by atoms with Crippen LogP contribution < -0.4 is 5.32 Å². The Morgan fingerprint density at radius 1 is 1.53 bits per heavy atom. The van der Waals surface area contributed by atoms with Gasteiger partial charge in [0.15, 0.2) is 5.17 Å². The number of hydrogen-bond acceptors (Lipinski definition) is 3. The maximum Gasteiger partial charge on any atom is 0.157 e. The fraction of sp³-hybridized carbons (Fsp3) is 0.545. The average Bonchev–Trinajstić information content (AvgIpc) is 2.74. The van der Waals surface area contributed by atoms with Crippen LogP contribution in [0.5, 0.6) is 0 Å². The number of amidine groups is 1. The second-order valence-electron chi connectivity index (χ2n) is 4.42. The minimum atomic E-state index is 0.193. The van der Waals surface area contributed by atoms with Crippen LogP contribution in [0.1, 0.15) is 31.7 Å². The van der Waals surface area contributed by atoms with Crippen LogP contribution in [0, 0.1) is 0 Å². The van der Waals surface area contributed by atoms with Crippen molar-refractivity contribution >= 4 is 28.3 Å². The number of aliphatic imine (C=N–C) groups is 1. The van der Waals surface area contributed by atoms with E-state index in [1.807, 2.05) is 11.8 Å². The first-order chi connectivity index (χ1) is 7.07. The molecule has 0 saturated carbocycles. The van der Waals surface area contributed by atoms with Crippen LogP contribution in [0.15, 0.2) is 22.5 Å². The molecule has 1 aliphatic rings. The number of rotatable bonds is 2. The highest BCUT2D eigenvalue weighted by Gasteiger charge is 2.27. The van der Waals surface area contributed by atoms with Gasteiger partial charge in [0.25, 0.3) is 0 Å². The molecule has 1 unspecified atom stereocenters.